The quantitative estimate of drug-likeness (QED) is 0.472. The predicted molar refractivity (Wildman–Crippen MR) is 119 cm³/mol. The molecular formula is C23H27NO5Si. The summed E-state index contributed by atoms with van der Waals surface area (Å²) in [5, 5.41) is 3.65. The lowest BCUT2D eigenvalue weighted by Crippen LogP contribution is -2.37. The van der Waals surface area contributed by atoms with Gasteiger partial charge in [0.2, 0.25) is 0 Å². The summed E-state index contributed by atoms with van der Waals surface area (Å²) < 4.78 is 10.8. The molecular weight excluding hydrogens is 398 g/mol. The van der Waals surface area contributed by atoms with Crippen LogP contribution in [0.3, 0.4) is 0 Å². The van der Waals surface area contributed by atoms with Gasteiger partial charge in [0.1, 0.15) is 11.3 Å². The van der Waals surface area contributed by atoms with Gasteiger partial charge in [-0.2, -0.15) is 0 Å². The van der Waals surface area contributed by atoms with Gasteiger partial charge in [-0.15, -0.1) is 0 Å². The average Bonchev–Trinajstić information content (AvgIpc) is 3.19. The molecule has 2 aromatic carbocycles. The second-order valence-corrected chi connectivity index (χ2v) is 10.3. The lowest BCUT2D eigenvalue weighted by molar-refractivity contribution is 0.0925. The van der Waals surface area contributed by atoms with Gasteiger partial charge in [-0.3, -0.25) is 4.79 Å². The van der Waals surface area contributed by atoms with Crippen molar-refractivity contribution in [1.29, 1.82) is 0 Å². The summed E-state index contributed by atoms with van der Waals surface area (Å²) in [6.45, 7) is 4.11. The Bertz CT molecular complexity index is 1060. The van der Waals surface area contributed by atoms with Crippen molar-refractivity contribution in [2.75, 3.05) is 7.11 Å². The largest absolute Gasteiger partial charge is 0.497 e. The highest BCUT2D eigenvalue weighted by atomic mass is 28.4. The van der Waals surface area contributed by atoms with Crippen LogP contribution in [-0.4, -0.2) is 31.2 Å². The molecule has 0 saturated heterocycles. The minimum Gasteiger partial charge on any atom is -0.497 e. The fourth-order valence-corrected chi connectivity index (χ4v) is 4.39. The number of carbonyl (C=O) groups is 1. The molecule has 6 nitrogen and oxygen atoms in total. The molecule has 0 spiro atoms. The van der Waals surface area contributed by atoms with Gasteiger partial charge < -0.3 is 24.1 Å². The number of fused-ring (bicyclic) bond motifs is 1. The summed E-state index contributed by atoms with van der Waals surface area (Å²) in [6.07, 6.45) is 2.44. The van der Waals surface area contributed by atoms with Crippen molar-refractivity contribution in [3.63, 3.8) is 0 Å². The molecule has 0 aliphatic rings. The molecule has 3 N–H and O–H groups in total. The highest BCUT2D eigenvalue weighted by Gasteiger charge is 2.32. The van der Waals surface area contributed by atoms with Gasteiger partial charge in [0, 0.05) is 17.5 Å². The molecule has 1 unspecified atom stereocenters. The summed E-state index contributed by atoms with van der Waals surface area (Å²) in [5.74, 6) is 0.630. The van der Waals surface area contributed by atoms with Crippen LogP contribution in [0.4, 0.5) is 0 Å². The molecule has 7 heteroatoms. The van der Waals surface area contributed by atoms with Crippen LogP contribution >= 0.6 is 0 Å². The van der Waals surface area contributed by atoms with Gasteiger partial charge in [0.25, 0.3) is 5.91 Å². The van der Waals surface area contributed by atoms with Gasteiger partial charge in [-0.1, -0.05) is 50.6 Å². The van der Waals surface area contributed by atoms with E-state index in [1.165, 1.54) is 5.70 Å². The van der Waals surface area contributed by atoms with Gasteiger partial charge in [0.15, 0.2) is 5.76 Å². The Labute approximate surface area is 177 Å². The fraction of sp³-hybridized carbons (Fsp3) is 0.261. The van der Waals surface area contributed by atoms with E-state index in [2.05, 4.69) is 5.32 Å². The Morgan fingerprint density at radius 2 is 2.03 bits per heavy atom. The van der Waals surface area contributed by atoms with Crippen LogP contribution < -0.4 is 10.1 Å². The fourth-order valence-electron chi connectivity index (χ4n) is 3.02. The molecule has 0 fully saturated rings. The van der Waals surface area contributed by atoms with Crippen molar-refractivity contribution >= 4 is 31.5 Å². The number of benzene rings is 2. The summed E-state index contributed by atoms with van der Waals surface area (Å²) in [7, 11) is -1.79. The smallest absolute Gasteiger partial charge is 0.362 e. The van der Waals surface area contributed by atoms with Crippen molar-refractivity contribution < 1.29 is 23.5 Å². The number of rotatable bonds is 8. The van der Waals surface area contributed by atoms with Gasteiger partial charge in [0.05, 0.1) is 7.11 Å². The number of carbonyl (C=O) groups excluding carboxylic acids is 1. The van der Waals surface area contributed by atoms with E-state index in [0.29, 0.717) is 24.3 Å². The van der Waals surface area contributed by atoms with Crippen molar-refractivity contribution in [2.45, 2.75) is 32.4 Å². The molecule has 0 radical (unpaired) electrons. The van der Waals surface area contributed by atoms with Crippen LogP contribution in [0.5, 0.6) is 5.75 Å². The average molecular weight is 426 g/mol. The third kappa shape index (κ3) is 5.18. The van der Waals surface area contributed by atoms with Crippen LogP contribution in [0.2, 0.25) is 5.54 Å². The van der Waals surface area contributed by atoms with E-state index in [1.54, 1.807) is 31.4 Å². The normalized spacial score (nSPS) is 13.0. The Balaban J connectivity index is 1.66. The SMILES string of the molecule is CCC(C)[Si](O)(O)/C=C/c1cccc(CNC(=O)c2cc3cc(OC)ccc3o2)c1. The summed E-state index contributed by atoms with van der Waals surface area (Å²) in [5.41, 5.74) is 3.76. The molecule has 30 heavy (non-hydrogen) atoms. The minimum atomic E-state index is -3.38. The third-order valence-electron chi connectivity index (χ3n) is 5.21. The molecule has 0 aliphatic carbocycles. The van der Waals surface area contributed by atoms with Crippen molar-refractivity contribution in [2.24, 2.45) is 0 Å². The number of furan rings is 1. The summed E-state index contributed by atoms with van der Waals surface area (Å²) >= 11 is 0. The van der Waals surface area contributed by atoms with Gasteiger partial charge in [-0.25, -0.2) is 0 Å². The van der Waals surface area contributed by atoms with E-state index in [9.17, 15) is 14.4 Å². The van der Waals surface area contributed by atoms with Crippen molar-refractivity contribution in [3.8, 4) is 5.75 Å². The lowest BCUT2D eigenvalue weighted by atomic mass is 10.1. The van der Waals surface area contributed by atoms with Gasteiger partial charge in [-0.05, 0) is 41.1 Å². The van der Waals surface area contributed by atoms with Crippen LogP contribution in [0.15, 0.2) is 58.6 Å². The van der Waals surface area contributed by atoms with E-state index >= 15 is 0 Å². The lowest BCUT2D eigenvalue weighted by Gasteiger charge is -2.19. The van der Waals surface area contributed by atoms with Crippen molar-refractivity contribution in [3.05, 3.63) is 71.1 Å². The number of methoxy groups -OCH3 is 1. The first-order valence-electron chi connectivity index (χ1n) is 9.91. The standard InChI is InChI=1S/C23H27NO5Si/c1-4-16(2)30(26,27)11-10-17-6-5-7-18(12-17)15-24-23(25)22-14-19-13-20(28-3)8-9-21(19)29-22/h5-14,16,26-27H,4,15H2,1-3H3,(H,24,25)/b11-10+. The highest BCUT2D eigenvalue weighted by molar-refractivity contribution is 6.72. The number of hydrogen-bond acceptors (Lipinski definition) is 5. The Morgan fingerprint density at radius 3 is 2.77 bits per heavy atom. The molecule has 0 saturated carbocycles. The maximum atomic E-state index is 12.5. The van der Waals surface area contributed by atoms with Crippen LogP contribution in [0.25, 0.3) is 17.0 Å². The number of nitrogens with one attached hydrogen (secondary N) is 1. The van der Waals surface area contributed by atoms with Crippen LogP contribution in [0.1, 0.15) is 41.9 Å². The molecule has 3 rings (SSSR count). The zero-order valence-electron chi connectivity index (χ0n) is 17.4. The van der Waals surface area contributed by atoms with Crippen molar-refractivity contribution in [1.82, 2.24) is 5.32 Å². The maximum Gasteiger partial charge on any atom is 0.362 e. The maximum absolute atomic E-state index is 12.5. The molecule has 1 heterocycles. The van der Waals surface area contributed by atoms with Crippen LogP contribution in [0, 0.1) is 0 Å². The second kappa shape index (κ2) is 9.29. The van der Waals surface area contributed by atoms with E-state index in [1.807, 2.05) is 44.2 Å². The zero-order chi connectivity index (χ0) is 21.7. The Kier molecular flexibility index (Phi) is 6.76. The van der Waals surface area contributed by atoms with E-state index in [0.717, 1.165) is 16.5 Å². The highest BCUT2D eigenvalue weighted by Crippen LogP contribution is 2.24. The van der Waals surface area contributed by atoms with E-state index in [-0.39, 0.29) is 17.2 Å². The third-order valence-corrected chi connectivity index (χ3v) is 7.73. The predicted octanol–water partition coefficient (Wildman–Crippen LogP) is 4.15. The Morgan fingerprint density at radius 1 is 1.23 bits per heavy atom. The molecule has 1 atom stereocenters. The minimum absolute atomic E-state index is 0.139. The number of amides is 1. The first-order chi connectivity index (χ1) is 14.3. The van der Waals surface area contributed by atoms with Gasteiger partial charge >= 0.3 is 8.56 Å². The first-order valence-corrected chi connectivity index (χ1v) is 12.0. The second-order valence-electron chi connectivity index (χ2n) is 7.37. The molecule has 1 amide bonds. The Hall–Kier alpha value is -2.87. The number of hydrogen-bond donors (Lipinski definition) is 3. The summed E-state index contributed by atoms with van der Waals surface area (Å²) in [6, 6.07) is 14.6. The number of ether oxygens (including phenoxy) is 1. The molecule has 0 aliphatic heterocycles. The van der Waals surface area contributed by atoms with Crippen LogP contribution in [-0.2, 0) is 6.54 Å². The zero-order valence-corrected chi connectivity index (χ0v) is 18.4. The summed E-state index contributed by atoms with van der Waals surface area (Å²) in [4.78, 5) is 33.0. The molecule has 158 valence electrons. The van der Waals surface area contributed by atoms with E-state index in [4.69, 9.17) is 9.15 Å². The van der Waals surface area contributed by atoms with E-state index < -0.39 is 8.56 Å². The molecule has 1 aromatic heterocycles. The molecule has 3 aromatic rings. The topological polar surface area (TPSA) is 91.9 Å². The monoisotopic (exact) mass is 425 g/mol. The molecule has 0 bridgehead atoms. The first kappa shape index (κ1) is 21.8.